The molecule has 8 nitrogen and oxygen atoms in total. The van der Waals surface area contributed by atoms with E-state index in [1.807, 2.05) is 72.8 Å². The number of ether oxygens (including phenoxy) is 1. The number of aromatic amines is 1. The molecule has 0 spiro atoms. The zero-order valence-electron chi connectivity index (χ0n) is 19.8. The number of rotatable bonds is 8. The normalized spacial score (nSPS) is 10.9. The molecule has 0 aliphatic heterocycles. The van der Waals surface area contributed by atoms with Crippen molar-refractivity contribution in [1.82, 2.24) is 9.55 Å². The fraction of sp³-hybridized carbons (Fsp3) is 0.107. The Labute approximate surface area is 207 Å². The van der Waals surface area contributed by atoms with Crippen molar-refractivity contribution in [3.8, 4) is 5.75 Å². The minimum absolute atomic E-state index is 0.0823. The Bertz CT molecular complexity index is 1490. The number of methoxy groups -OCH3 is 1. The highest BCUT2D eigenvalue weighted by molar-refractivity contribution is 6.05. The maximum atomic E-state index is 13.4. The van der Waals surface area contributed by atoms with Crippen LogP contribution in [0.4, 0.5) is 11.5 Å². The predicted octanol–water partition coefficient (Wildman–Crippen LogP) is 3.42. The zero-order valence-corrected chi connectivity index (χ0v) is 19.8. The number of anilines is 2. The first-order valence-corrected chi connectivity index (χ1v) is 11.3. The molecular weight excluding hydrogens is 456 g/mol. The number of hydrogen-bond donors (Lipinski definition) is 2. The molecule has 0 fully saturated rings. The molecule has 8 heteroatoms. The molecule has 0 saturated heterocycles. The highest BCUT2D eigenvalue weighted by Crippen LogP contribution is 2.21. The quantitative estimate of drug-likeness (QED) is 0.374. The van der Waals surface area contributed by atoms with Crippen LogP contribution in [0.3, 0.4) is 0 Å². The Morgan fingerprint density at radius 1 is 0.972 bits per heavy atom. The van der Waals surface area contributed by atoms with Crippen LogP contribution in [0.1, 0.15) is 16.7 Å². The van der Waals surface area contributed by atoms with Crippen LogP contribution < -0.4 is 26.6 Å². The second kappa shape index (κ2) is 11.1. The number of nitrogen functional groups attached to an aromatic ring is 1. The Balaban J connectivity index is 1.76. The first kappa shape index (κ1) is 24.3. The Morgan fingerprint density at radius 2 is 1.64 bits per heavy atom. The number of carbonyl (C=O) groups is 1. The van der Waals surface area contributed by atoms with E-state index in [0.717, 1.165) is 16.7 Å². The van der Waals surface area contributed by atoms with Crippen LogP contribution in [0.15, 0.2) is 101 Å². The molecule has 182 valence electrons. The van der Waals surface area contributed by atoms with E-state index < -0.39 is 17.2 Å². The van der Waals surface area contributed by atoms with Gasteiger partial charge in [-0.05, 0) is 34.9 Å². The minimum Gasteiger partial charge on any atom is -0.497 e. The van der Waals surface area contributed by atoms with E-state index in [9.17, 15) is 14.4 Å². The summed E-state index contributed by atoms with van der Waals surface area (Å²) in [6.07, 6.45) is 3.00. The zero-order chi connectivity index (χ0) is 25.5. The molecule has 1 amide bonds. The molecule has 1 aromatic heterocycles. The van der Waals surface area contributed by atoms with Crippen molar-refractivity contribution in [2.75, 3.05) is 17.7 Å². The molecule has 4 rings (SSSR count). The van der Waals surface area contributed by atoms with Gasteiger partial charge in [0, 0.05) is 6.08 Å². The number of hydrogen-bond acceptors (Lipinski definition) is 5. The van der Waals surface area contributed by atoms with Crippen LogP contribution in [-0.4, -0.2) is 22.6 Å². The van der Waals surface area contributed by atoms with E-state index in [1.54, 1.807) is 25.3 Å². The fourth-order valence-corrected chi connectivity index (χ4v) is 3.80. The van der Waals surface area contributed by atoms with Crippen molar-refractivity contribution in [1.29, 1.82) is 0 Å². The summed E-state index contributed by atoms with van der Waals surface area (Å²) in [7, 11) is 1.56. The van der Waals surface area contributed by atoms with Gasteiger partial charge >= 0.3 is 5.69 Å². The van der Waals surface area contributed by atoms with Gasteiger partial charge in [-0.25, -0.2) is 4.79 Å². The highest BCUT2D eigenvalue weighted by Gasteiger charge is 2.23. The molecule has 0 radical (unpaired) electrons. The smallest absolute Gasteiger partial charge is 0.330 e. The topological polar surface area (TPSA) is 110 Å². The van der Waals surface area contributed by atoms with Crippen LogP contribution >= 0.6 is 0 Å². The van der Waals surface area contributed by atoms with Gasteiger partial charge in [0.15, 0.2) is 5.69 Å². The summed E-state index contributed by atoms with van der Waals surface area (Å²) in [5.41, 5.74) is 7.27. The van der Waals surface area contributed by atoms with Gasteiger partial charge in [-0.15, -0.1) is 0 Å². The van der Waals surface area contributed by atoms with Crippen LogP contribution in [0.2, 0.25) is 0 Å². The molecule has 1 heterocycles. The van der Waals surface area contributed by atoms with Crippen LogP contribution in [-0.2, 0) is 17.9 Å². The van der Waals surface area contributed by atoms with Crippen molar-refractivity contribution in [2.24, 2.45) is 0 Å². The maximum Gasteiger partial charge on any atom is 0.330 e. The number of benzene rings is 3. The van der Waals surface area contributed by atoms with Gasteiger partial charge in [-0.3, -0.25) is 24.0 Å². The second-order valence-electron chi connectivity index (χ2n) is 8.08. The Kier molecular flexibility index (Phi) is 7.45. The number of amides is 1. The number of carbonyl (C=O) groups excluding carboxylic acids is 1. The van der Waals surface area contributed by atoms with Crippen molar-refractivity contribution >= 4 is 23.5 Å². The highest BCUT2D eigenvalue weighted by atomic mass is 16.5. The van der Waals surface area contributed by atoms with Crippen molar-refractivity contribution in [2.45, 2.75) is 13.1 Å². The van der Waals surface area contributed by atoms with Gasteiger partial charge < -0.3 is 10.5 Å². The third-order valence-corrected chi connectivity index (χ3v) is 5.63. The van der Waals surface area contributed by atoms with Crippen molar-refractivity contribution in [3.05, 3.63) is 129 Å². The second-order valence-corrected chi connectivity index (χ2v) is 8.08. The average Bonchev–Trinajstić information content (AvgIpc) is 2.90. The molecule has 0 saturated carbocycles. The average molecular weight is 483 g/mol. The summed E-state index contributed by atoms with van der Waals surface area (Å²) in [6.45, 7) is 0.223. The van der Waals surface area contributed by atoms with Crippen molar-refractivity contribution in [3.63, 3.8) is 0 Å². The monoisotopic (exact) mass is 482 g/mol. The van der Waals surface area contributed by atoms with E-state index >= 15 is 0 Å². The standard InChI is InChI=1S/C28H26N4O4/c1-36-23-14-8-13-20(17-23)15-16-24(33)31(18-21-9-4-2-5-10-21)25-26(29)32(28(35)30-27(25)34)19-22-11-6-3-7-12-22/h2-17H,18-19,29H2,1H3,(H,30,34,35)/b16-15+. The summed E-state index contributed by atoms with van der Waals surface area (Å²) in [5.74, 6) is 0.0925. The Hall–Kier alpha value is -4.85. The number of nitrogens with zero attached hydrogens (tertiary/aromatic N) is 2. The molecule has 0 atom stereocenters. The molecule has 3 N–H and O–H groups in total. The third kappa shape index (κ3) is 5.61. The number of nitrogens with one attached hydrogen (secondary N) is 1. The van der Waals surface area contributed by atoms with Gasteiger partial charge in [0.25, 0.3) is 11.5 Å². The third-order valence-electron chi connectivity index (χ3n) is 5.63. The van der Waals surface area contributed by atoms with Crippen LogP contribution in [0, 0.1) is 0 Å². The summed E-state index contributed by atoms with van der Waals surface area (Å²) >= 11 is 0. The summed E-state index contributed by atoms with van der Waals surface area (Å²) in [4.78, 5) is 42.7. The van der Waals surface area contributed by atoms with Crippen LogP contribution in [0.5, 0.6) is 5.75 Å². The molecule has 0 aliphatic carbocycles. The first-order valence-electron chi connectivity index (χ1n) is 11.3. The van der Waals surface area contributed by atoms with E-state index in [2.05, 4.69) is 4.98 Å². The molecule has 3 aromatic carbocycles. The van der Waals surface area contributed by atoms with E-state index in [4.69, 9.17) is 10.5 Å². The minimum atomic E-state index is -0.735. The lowest BCUT2D eigenvalue weighted by molar-refractivity contribution is -0.114. The lowest BCUT2D eigenvalue weighted by atomic mass is 10.1. The summed E-state index contributed by atoms with van der Waals surface area (Å²) in [5, 5.41) is 0. The van der Waals surface area contributed by atoms with Gasteiger partial charge in [0.1, 0.15) is 11.6 Å². The van der Waals surface area contributed by atoms with E-state index in [1.165, 1.54) is 15.5 Å². The Morgan fingerprint density at radius 3 is 2.31 bits per heavy atom. The lowest BCUT2D eigenvalue weighted by Gasteiger charge is -2.23. The van der Waals surface area contributed by atoms with Gasteiger partial charge in [-0.1, -0.05) is 72.8 Å². The van der Waals surface area contributed by atoms with Gasteiger partial charge in [-0.2, -0.15) is 0 Å². The molecular formula is C28H26N4O4. The molecule has 0 aliphatic rings. The SMILES string of the molecule is COc1cccc(/C=C/C(=O)N(Cc2ccccc2)c2c(N)n(Cc3ccccc3)c(=O)[nH]c2=O)c1. The predicted molar refractivity (Wildman–Crippen MR) is 141 cm³/mol. The number of H-pyrrole nitrogens is 1. The number of nitrogens with two attached hydrogens (primary N) is 1. The van der Waals surface area contributed by atoms with E-state index in [0.29, 0.717) is 5.75 Å². The first-order chi connectivity index (χ1) is 17.5. The molecule has 0 unspecified atom stereocenters. The summed E-state index contributed by atoms with van der Waals surface area (Å²) < 4.78 is 6.49. The van der Waals surface area contributed by atoms with Gasteiger partial charge in [0.05, 0.1) is 20.2 Å². The molecule has 4 aromatic rings. The van der Waals surface area contributed by atoms with Gasteiger partial charge in [0.2, 0.25) is 0 Å². The largest absolute Gasteiger partial charge is 0.497 e. The fourth-order valence-electron chi connectivity index (χ4n) is 3.80. The molecule has 36 heavy (non-hydrogen) atoms. The number of aromatic nitrogens is 2. The summed E-state index contributed by atoms with van der Waals surface area (Å²) in [6, 6.07) is 25.7. The van der Waals surface area contributed by atoms with E-state index in [-0.39, 0.29) is 24.6 Å². The maximum absolute atomic E-state index is 13.4. The lowest BCUT2D eigenvalue weighted by Crippen LogP contribution is -2.40. The van der Waals surface area contributed by atoms with Crippen LogP contribution in [0.25, 0.3) is 6.08 Å². The van der Waals surface area contributed by atoms with Crippen molar-refractivity contribution < 1.29 is 9.53 Å². The molecule has 0 bridgehead atoms.